The van der Waals surface area contributed by atoms with Crippen molar-refractivity contribution in [1.82, 2.24) is 14.5 Å². The predicted molar refractivity (Wildman–Crippen MR) is 96.5 cm³/mol. The van der Waals surface area contributed by atoms with Gasteiger partial charge in [-0.05, 0) is 42.0 Å². The van der Waals surface area contributed by atoms with E-state index in [1.54, 1.807) is 11.6 Å². The van der Waals surface area contributed by atoms with Crippen molar-refractivity contribution < 1.29 is 0 Å². The Morgan fingerprint density at radius 3 is 2.54 bits per heavy atom. The molecule has 4 rings (SSSR count). The Hall–Kier alpha value is -3.34. The number of anilines is 2. The minimum atomic E-state index is -0.151. The van der Waals surface area contributed by atoms with E-state index in [1.165, 1.54) is 0 Å². The van der Waals surface area contributed by atoms with Crippen molar-refractivity contribution >= 4 is 22.5 Å². The number of nitrogens with one attached hydrogen (secondary N) is 2. The molecule has 2 aromatic heterocycles. The normalized spacial score (nSPS) is 10.9. The maximum absolute atomic E-state index is 12.5. The van der Waals surface area contributed by atoms with Crippen molar-refractivity contribution in [2.24, 2.45) is 7.05 Å². The average Bonchev–Trinajstić information content (AvgIpc) is 3.15. The number of hydrogen-bond acceptors (Lipinski definition) is 3. The summed E-state index contributed by atoms with van der Waals surface area (Å²) in [5.41, 5.74) is 4.42. The van der Waals surface area contributed by atoms with Crippen LogP contribution in [0.2, 0.25) is 0 Å². The predicted octanol–water partition coefficient (Wildman–Crippen LogP) is 3.67. The van der Waals surface area contributed by atoms with Crippen LogP contribution < -0.4 is 10.9 Å². The zero-order valence-electron chi connectivity index (χ0n) is 13.2. The van der Waals surface area contributed by atoms with E-state index >= 15 is 0 Å². The van der Waals surface area contributed by atoms with Gasteiger partial charge in [-0.15, -0.1) is 0 Å². The maximum Gasteiger partial charge on any atom is 0.293 e. The summed E-state index contributed by atoms with van der Waals surface area (Å²) in [6.45, 7) is 0. The highest BCUT2D eigenvalue weighted by atomic mass is 16.1. The Morgan fingerprint density at radius 2 is 1.79 bits per heavy atom. The second-order valence-electron chi connectivity index (χ2n) is 5.60. The number of para-hydroxylation sites is 2. The first-order valence-corrected chi connectivity index (χ1v) is 7.69. The van der Waals surface area contributed by atoms with Gasteiger partial charge in [-0.1, -0.05) is 24.3 Å². The molecule has 0 unspecified atom stereocenters. The zero-order valence-corrected chi connectivity index (χ0v) is 13.2. The van der Waals surface area contributed by atoms with Gasteiger partial charge in [-0.3, -0.25) is 4.79 Å². The van der Waals surface area contributed by atoms with Crippen molar-refractivity contribution in [3.05, 3.63) is 77.2 Å². The van der Waals surface area contributed by atoms with E-state index in [0.29, 0.717) is 5.82 Å². The van der Waals surface area contributed by atoms with Crippen LogP contribution in [0.5, 0.6) is 0 Å². The average molecular weight is 316 g/mol. The number of nitrogens with zero attached hydrogens (tertiary/aromatic N) is 2. The lowest BCUT2D eigenvalue weighted by molar-refractivity contribution is 0.896. The Kier molecular flexibility index (Phi) is 3.39. The highest BCUT2D eigenvalue weighted by molar-refractivity contribution is 5.77. The molecule has 0 aliphatic heterocycles. The number of aromatic nitrogens is 3. The molecule has 0 saturated carbocycles. The van der Waals surface area contributed by atoms with Crippen molar-refractivity contribution in [2.75, 3.05) is 5.32 Å². The molecule has 0 aliphatic rings. The molecule has 2 aromatic carbocycles. The zero-order chi connectivity index (χ0) is 16.5. The summed E-state index contributed by atoms with van der Waals surface area (Å²) in [5.74, 6) is 0.323. The van der Waals surface area contributed by atoms with Crippen LogP contribution in [0.3, 0.4) is 0 Å². The van der Waals surface area contributed by atoms with E-state index in [4.69, 9.17) is 0 Å². The van der Waals surface area contributed by atoms with Crippen LogP contribution in [0.15, 0.2) is 71.7 Å². The minimum Gasteiger partial charge on any atom is -0.361 e. The molecule has 0 fully saturated rings. The molecule has 0 radical (unpaired) electrons. The van der Waals surface area contributed by atoms with E-state index in [0.717, 1.165) is 28.0 Å². The van der Waals surface area contributed by atoms with Crippen LogP contribution in [0.4, 0.5) is 11.5 Å². The second-order valence-corrected chi connectivity index (χ2v) is 5.60. The van der Waals surface area contributed by atoms with Gasteiger partial charge in [0.25, 0.3) is 5.56 Å². The fourth-order valence-corrected chi connectivity index (χ4v) is 2.74. The quantitative estimate of drug-likeness (QED) is 0.606. The van der Waals surface area contributed by atoms with Gasteiger partial charge in [0.2, 0.25) is 0 Å². The fourth-order valence-electron chi connectivity index (χ4n) is 2.74. The highest BCUT2D eigenvalue weighted by Crippen LogP contribution is 2.21. The monoisotopic (exact) mass is 316 g/mol. The fraction of sp³-hybridized carbons (Fsp3) is 0.0526. The van der Waals surface area contributed by atoms with Crippen LogP contribution in [0.1, 0.15) is 0 Å². The van der Waals surface area contributed by atoms with Gasteiger partial charge in [0.15, 0.2) is 5.82 Å². The molecule has 5 nitrogen and oxygen atoms in total. The molecule has 24 heavy (non-hydrogen) atoms. The Morgan fingerprint density at radius 1 is 1.00 bits per heavy atom. The third-order valence-corrected chi connectivity index (χ3v) is 4.04. The summed E-state index contributed by atoms with van der Waals surface area (Å²) in [5, 5.41) is 3.12. The topological polar surface area (TPSA) is 62.7 Å². The summed E-state index contributed by atoms with van der Waals surface area (Å²) >= 11 is 0. The SMILES string of the molecule is Cn1c(=O)c(Nc2ccc(-c3ccc[nH]3)cc2)nc2ccccc21. The third kappa shape index (κ3) is 2.46. The summed E-state index contributed by atoms with van der Waals surface area (Å²) < 4.78 is 1.61. The summed E-state index contributed by atoms with van der Waals surface area (Å²) in [6, 6.07) is 19.4. The number of fused-ring (bicyclic) bond motifs is 1. The molecule has 0 aliphatic carbocycles. The molecule has 118 valence electrons. The van der Waals surface area contributed by atoms with Crippen LogP contribution >= 0.6 is 0 Å². The first-order valence-electron chi connectivity index (χ1n) is 7.69. The first kappa shape index (κ1) is 14.3. The van der Waals surface area contributed by atoms with Gasteiger partial charge in [-0.2, -0.15) is 0 Å². The molecule has 0 atom stereocenters. The number of hydrogen-bond donors (Lipinski definition) is 2. The second kappa shape index (κ2) is 5.70. The van der Waals surface area contributed by atoms with Crippen molar-refractivity contribution in [3.8, 4) is 11.3 Å². The number of H-pyrrole nitrogens is 1. The summed E-state index contributed by atoms with van der Waals surface area (Å²) in [4.78, 5) is 20.1. The molecule has 0 spiro atoms. The summed E-state index contributed by atoms with van der Waals surface area (Å²) in [7, 11) is 1.76. The van der Waals surface area contributed by atoms with E-state index in [1.807, 2.05) is 66.9 Å². The Balaban J connectivity index is 1.69. The molecular weight excluding hydrogens is 300 g/mol. The van der Waals surface area contributed by atoms with Gasteiger partial charge in [-0.25, -0.2) is 4.98 Å². The number of aromatic amines is 1. The maximum atomic E-state index is 12.5. The molecule has 0 amide bonds. The molecule has 2 heterocycles. The van der Waals surface area contributed by atoms with Gasteiger partial charge < -0.3 is 14.9 Å². The number of rotatable bonds is 3. The Bertz CT molecular complexity index is 1050. The first-order chi connectivity index (χ1) is 11.7. The lowest BCUT2D eigenvalue weighted by Crippen LogP contribution is -2.21. The van der Waals surface area contributed by atoms with Gasteiger partial charge in [0, 0.05) is 24.6 Å². The minimum absolute atomic E-state index is 0.151. The molecule has 5 heteroatoms. The lowest BCUT2D eigenvalue weighted by atomic mass is 10.1. The van der Waals surface area contributed by atoms with E-state index in [-0.39, 0.29) is 5.56 Å². The molecule has 4 aromatic rings. The van der Waals surface area contributed by atoms with Gasteiger partial charge in [0.05, 0.1) is 11.0 Å². The number of benzene rings is 2. The van der Waals surface area contributed by atoms with E-state index in [2.05, 4.69) is 15.3 Å². The van der Waals surface area contributed by atoms with E-state index in [9.17, 15) is 4.79 Å². The summed E-state index contributed by atoms with van der Waals surface area (Å²) in [6.07, 6.45) is 1.89. The largest absolute Gasteiger partial charge is 0.361 e. The van der Waals surface area contributed by atoms with Crippen LogP contribution in [-0.2, 0) is 7.05 Å². The van der Waals surface area contributed by atoms with Crippen molar-refractivity contribution in [3.63, 3.8) is 0 Å². The smallest absolute Gasteiger partial charge is 0.293 e. The molecule has 0 bridgehead atoms. The van der Waals surface area contributed by atoms with Crippen LogP contribution in [0.25, 0.3) is 22.3 Å². The standard InChI is InChI=1S/C19H16N4O/c1-23-17-7-3-2-5-16(17)22-18(19(23)24)21-14-10-8-13(9-11-14)15-6-4-12-20-15/h2-12,20H,1H3,(H,21,22). The van der Waals surface area contributed by atoms with Crippen molar-refractivity contribution in [2.45, 2.75) is 0 Å². The van der Waals surface area contributed by atoms with Gasteiger partial charge >= 0.3 is 0 Å². The number of aryl methyl sites for hydroxylation is 1. The van der Waals surface area contributed by atoms with Crippen LogP contribution in [-0.4, -0.2) is 14.5 Å². The molecule has 0 saturated heterocycles. The third-order valence-electron chi connectivity index (χ3n) is 4.04. The lowest BCUT2D eigenvalue weighted by Gasteiger charge is -2.10. The molecular formula is C19H16N4O. The molecule has 2 N–H and O–H groups in total. The van der Waals surface area contributed by atoms with E-state index < -0.39 is 0 Å². The van der Waals surface area contributed by atoms with Gasteiger partial charge in [0.1, 0.15) is 0 Å². The van der Waals surface area contributed by atoms with Crippen molar-refractivity contribution in [1.29, 1.82) is 0 Å². The Labute approximate surface area is 138 Å². The highest BCUT2D eigenvalue weighted by Gasteiger charge is 2.08. The van der Waals surface area contributed by atoms with Crippen LogP contribution in [0, 0.1) is 0 Å².